The second-order valence-electron chi connectivity index (χ2n) is 5.79. The zero-order valence-electron chi connectivity index (χ0n) is 14.6. The van der Waals surface area contributed by atoms with Crippen molar-refractivity contribution in [1.29, 1.82) is 0 Å². The molecule has 138 valence electrons. The molecule has 6 nitrogen and oxygen atoms in total. The Labute approximate surface area is 155 Å². The largest absolute Gasteiger partial charge is 0.375 e. The lowest BCUT2D eigenvalue weighted by molar-refractivity contribution is 0.0823. The molecular formula is C20H18FN3O3. The van der Waals surface area contributed by atoms with Crippen molar-refractivity contribution >= 4 is 5.91 Å². The second kappa shape index (κ2) is 8.37. The number of carbonyl (C=O) groups excluding carboxylic acids is 1. The van der Waals surface area contributed by atoms with E-state index in [0.29, 0.717) is 5.69 Å². The summed E-state index contributed by atoms with van der Waals surface area (Å²) >= 11 is 0. The Morgan fingerprint density at radius 2 is 1.81 bits per heavy atom. The smallest absolute Gasteiger partial charge is 0.271 e. The van der Waals surface area contributed by atoms with Gasteiger partial charge in [0, 0.05) is 19.7 Å². The van der Waals surface area contributed by atoms with E-state index in [4.69, 9.17) is 4.74 Å². The van der Waals surface area contributed by atoms with Crippen molar-refractivity contribution in [3.63, 3.8) is 0 Å². The molecule has 7 heteroatoms. The van der Waals surface area contributed by atoms with E-state index in [1.165, 1.54) is 36.4 Å². The Morgan fingerprint density at radius 1 is 1.11 bits per heavy atom. The fourth-order valence-electron chi connectivity index (χ4n) is 2.58. The van der Waals surface area contributed by atoms with Gasteiger partial charge in [-0.2, -0.15) is 9.78 Å². The molecule has 3 aromatic rings. The standard InChI is InChI=1S/C20H18FN3O3/c1-27-18(14-5-3-2-4-6-14)13-22-20(26)17-11-12-19(25)24(23-17)16-9-7-15(21)8-10-16/h2-12,18H,13H2,1H3,(H,22,26)/t18-/m1/s1. The molecule has 0 aliphatic carbocycles. The molecular weight excluding hydrogens is 349 g/mol. The maximum absolute atomic E-state index is 13.1. The number of hydrogen-bond donors (Lipinski definition) is 1. The number of rotatable bonds is 6. The third-order valence-electron chi connectivity index (χ3n) is 4.01. The van der Waals surface area contributed by atoms with Crippen LogP contribution in [0.3, 0.4) is 0 Å². The van der Waals surface area contributed by atoms with Gasteiger partial charge in [-0.25, -0.2) is 4.39 Å². The maximum atomic E-state index is 13.1. The van der Waals surface area contributed by atoms with E-state index in [-0.39, 0.29) is 18.3 Å². The van der Waals surface area contributed by atoms with Crippen LogP contribution < -0.4 is 10.9 Å². The first-order chi connectivity index (χ1) is 13.1. The van der Waals surface area contributed by atoms with Gasteiger partial charge in [-0.15, -0.1) is 0 Å². The van der Waals surface area contributed by atoms with Crippen LogP contribution in [0.5, 0.6) is 0 Å². The van der Waals surface area contributed by atoms with Gasteiger partial charge >= 0.3 is 0 Å². The maximum Gasteiger partial charge on any atom is 0.271 e. The quantitative estimate of drug-likeness (QED) is 0.727. The highest BCUT2D eigenvalue weighted by molar-refractivity contribution is 5.92. The third-order valence-corrected chi connectivity index (χ3v) is 4.01. The zero-order chi connectivity index (χ0) is 19.2. The number of amides is 1. The first-order valence-electron chi connectivity index (χ1n) is 8.31. The van der Waals surface area contributed by atoms with Crippen molar-refractivity contribution in [2.24, 2.45) is 0 Å². The summed E-state index contributed by atoms with van der Waals surface area (Å²) in [7, 11) is 1.57. The number of hydrogen-bond acceptors (Lipinski definition) is 4. The van der Waals surface area contributed by atoms with Gasteiger partial charge in [0.2, 0.25) is 0 Å². The molecule has 0 radical (unpaired) electrons. The van der Waals surface area contributed by atoms with Gasteiger partial charge in [0.1, 0.15) is 11.5 Å². The molecule has 1 aromatic heterocycles. The predicted octanol–water partition coefficient (Wildman–Crippen LogP) is 2.49. The summed E-state index contributed by atoms with van der Waals surface area (Å²) in [5, 5.41) is 6.83. The minimum Gasteiger partial charge on any atom is -0.375 e. The Balaban J connectivity index is 1.76. The van der Waals surface area contributed by atoms with Crippen LogP contribution in [0.15, 0.2) is 71.5 Å². The van der Waals surface area contributed by atoms with Gasteiger partial charge in [-0.05, 0) is 35.9 Å². The normalized spacial score (nSPS) is 11.8. The lowest BCUT2D eigenvalue weighted by Crippen LogP contribution is -2.32. The molecule has 27 heavy (non-hydrogen) atoms. The zero-order valence-corrected chi connectivity index (χ0v) is 14.6. The summed E-state index contributed by atoms with van der Waals surface area (Å²) in [6.07, 6.45) is -0.307. The molecule has 1 heterocycles. The second-order valence-corrected chi connectivity index (χ2v) is 5.79. The highest BCUT2D eigenvalue weighted by Crippen LogP contribution is 2.15. The highest BCUT2D eigenvalue weighted by Gasteiger charge is 2.15. The molecule has 2 aromatic carbocycles. The first kappa shape index (κ1) is 18.5. The van der Waals surface area contributed by atoms with Crippen molar-refractivity contribution in [3.8, 4) is 5.69 Å². The van der Waals surface area contributed by atoms with Gasteiger partial charge in [0.05, 0.1) is 11.8 Å². The van der Waals surface area contributed by atoms with E-state index in [0.717, 1.165) is 10.2 Å². The number of aromatic nitrogens is 2. The summed E-state index contributed by atoms with van der Waals surface area (Å²) in [6, 6.07) is 17.4. The summed E-state index contributed by atoms with van der Waals surface area (Å²) in [5.41, 5.74) is 0.957. The van der Waals surface area contributed by atoms with Crippen molar-refractivity contribution in [2.75, 3.05) is 13.7 Å². The molecule has 1 N–H and O–H groups in total. The van der Waals surface area contributed by atoms with Gasteiger partial charge in [-0.3, -0.25) is 9.59 Å². The van der Waals surface area contributed by atoms with Crippen LogP contribution in [-0.4, -0.2) is 29.3 Å². The van der Waals surface area contributed by atoms with E-state index >= 15 is 0 Å². The fourth-order valence-corrected chi connectivity index (χ4v) is 2.58. The SMILES string of the molecule is CO[C@H](CNC(=O)c1ccc(=O)n(-c2ccc(F)cc2)n1)c1ccccc1. The molecule has 0 aliphatic rings. The lowest BCUT2D eigenvalue weighted by atomic mass is 10.1. The van der Waals surface area contributed by atoms with E-state index in [9.17, 15) is 14.0 Å². The fraction of sp³-hybridized carbons (Fsp3) is 0.150. The third kappa shape index (κ3) is 4.45. The van der Waals surface area contributed by atoms with E-state index in [2.05, 4.69) is 10.4 Å². The average Bonchev–Trinajstić information content (AvgIpc) is 2.70. The molecule has 0 bridgehead atoms. The lowest BCUT2D eigenvalue weighted by Gasteiger charge is -2.16. The van der Waals surface area contributed by atoms with Crippen molar-refractivity contribution in [3.05, 3.63) is 94.2 Å². The molecule has 3 rings (SSSR count). The number of methoxy groups -OCH3 is 1. The van der Waals surface area contributed by atoms with Crippen LogP contribution in [0.2, 0.25) is 0 Å². The van der Waals surface area contributed by atoms with E-state index in [1.54, 1.807) is 7.11 Å². The number of benzene rings is 2. The number of carbonyl (C=O) groups is 1. The van der Waals surface area contributed by atoms with E-state index in [1.807, 2.05) is 30.3 Å². The summed E-state index contributed by atoms with van der Waals surface area (Å²) < 4.78 is 19.6. The minimum atomic E-state index is -0.441. The van der Waals surface area contributed by atoms with Gasteiger partial charge in [-0.1, -0.05) is 30.3 Å². The van der Waals surface area contributed by atoms with Crippen LogP contribution in [0.25, 0.3) is 5.69 Å². The van der Waals surface area contributed by atoms with Crippen LogP contribution in [0, 0.1) is 5.82 Å². The Kier molecular flexibility index (Phi) is 5.73. The number of halogens is 1. The van der Waals surface area contributed by atoms with Gasteiger partial charge in [0.25, 0.3) is 11.5 Å². The monoisotopic (exact) mass is 367 g/mol. The average molecular weight is 367 g/mol. The highest BCUT2D eigenvalue weighted by atomic mass is 19.1. The molecule has 1 amide bonds. The van der Waals surface area contributed by atoms with E-state index < -0.39 is 17.3 Å². The predicted molar refractivity (Wildman–Crippen MR) is 98.3 cm³/mol. The summed E-state index contributed by atoms with van der Waals surface area (Å²) in [5.74, 6) is -0.865. The Bertz CT molecular complexity index is 972. The molecule has 0 fully saturated rings. The summed E-state index contributed by atoms with van der Waals surface area (Å²) in [4.78, 5) is 24.5. The number of nitrogens with zero attached hydrogens (tertiary/aromatic N) is 2. The Hall–Kier alpha value is -3.32. The van der Waals surface area contributed by atoms with Crippen LogP contribution >= 0.6 is 0 Å². The topological polar surface area (TPSA) is 73.2 Å². The Morgan fingerprint density at radius 3 is 2.48 bits per heavy atom. The van der Waals surface area contributed by atoms with Gasteiger partial charge in [0.15, 0.2) is 0 Å². The van der Waals surface area contributed by atoms with Crippen molar-refractivity contribution < 1.29 is 13.9 Å². The molecule has 0 spiro atoms. The van der Waals surface area contributed by atoms with Crippen LogP contribution in [-0.2, 0) is 4.74 Å². The molecule has 0 unspecified atom stereocenters. The van der Waals surface area contributed by atoms with Crippen molar-refractivity contribution in [1.82, 2.24) is 15.1 Å². The first-order valence-corrected chi connectivity index (χ1v) is 8.31. The summed E-state index contributed by atoms with van der Waals surface area (Å²) in [6.45, 7) is 0.247. The van der Waals surface area contributed by atoms with Gasteiger partial charge < -0.3 is 10.1 Å². The van der Waals surface area contributed by atoms with Crippen LogP contribution in [0.4, 0.5) is 4.39 Å². The minimum absolute atomic E-state index is 0.0711. The molecule has 1 atom stereocenters. The molecule has 0 saturated carbocycles. The van der Waals surface area contributed by atoms with Crippen LogP contribution in [0.1, 0.15) is 22.2 Å². The number of nitrogens with one attached hydrogen (secondary N) is 1. The number of ether oxygens (including phenoxy) is 1. The molecule has 0 saturated heterocycles. The molecule has 0 aliphatic heterocycles. The van der Waals surface area contributed by atoms with Crippen molar-refractivity contribution in [2.45, 2.75) is 6.10 Å².